The molecule has 0 aliphatic carbocycles. The summed E-state index contributed by atoms with van der Waals surface area (Å²) >= 11 is 0. The summed E-state index contributed by atoms with van der Waals surface area (Å²) in [5.41, 5.74) is 3.33. The average Bonchev–Trinajstić information content (AvgIpc) is 2.63. The lowest BCUT2D eigenvalue weighted by atomic mass is 10.1. The quantitative estimate of drug-likeness (QED) is 0.713. The molecule has 14 heavy (non-hydrogen) atoms. The zero-order chi connectivity index (χ0) is 10.1. The van der Waals surface area contributed by atoms with E-state index in [1.807, 2.05) is 25.1 Å². The Labute approximate surface area is 81.6 Å². The number of benzene rings is 1. The number of aromatic amines is 1. The highest BCUT2D eigenvalue weighted by Crippen LogP contribution is 2.22. The van der Waals surface area contributed by atoms with Crippen LogP contribution in [0.2, 0.25) is 0 Å². The van der Waals surface area contributed by atoms with Crippen LogP contribution in [-0.2, 0) is 6.61 Å². The van der Waals surface area contributed by atoms with E-state index in [4.69, 9.17) is 10.4 Å². The normalized spacial score (nSPS) is 10.4. The van der Waals surface area contributed by atoms with Gasteiger partial charge in [-0.05, 0) is 18.6 Å². The number of aromatic nitrogens is 1. The van der Waals surface area contributed by atoms with Crippen molar-refractivity contribution in [3.8, 4) is 6.07 Å². The molecule has 0 radical (unpaired) electrons. The highest BCUT2D eigenvalue weighted by molar-refractivity contribution is 5.87. The van der Waals surface area contributed by atoms with Gasteiger partial charge >= 0.3 is 0 Å². The first kappa shape index (κ1) is 8.79. The van der Waals surface area contributed by atoms with Crippen LogP contribution < -0.4 is 0 Å². The fourth-order valence-corrected chi connectivity index (χ4v) is 1.61. The second-order valence-electron chi connectivity index (χ2n) is 3.28. The summed E-state index contributed by atoms with van der Waals surface area (Å²) in [6, 6.07) is 7.68. The van der Waals surface area contributed by atoms with Crippen molar-refractivity contribution in [1.82, 2.24) is 4.98 Å². The van der Waals surface area contributed by atoms with E-state index in [0.29, 0.717) is 5.69 Å². The number of H-pyrrole nitrogens is 1. The number of aliphatic hydroxyl groups excluding tert-OH is 1. The Morgan fingerprint density at radius 3 is 2.93 bits per heavy atom. The maximum Gasteiger partial charge on any atom is 0.118 e. The SMILES string of the molecule is Cc1ccc(CO)c2[nH]c(C#N)cc12. The number of hydrogen-bond acceptors (Lipinski definition) is 2. The third kappa shape index (κ3) is 1.17. The lowest BCUT2D eigenvalue weighted by Crippen LogP contribution is -1.86. The standard InChI is InChI=1S/C11H10N2O/c1-7-2-3-8(6-14)11-10(7)4-9(5-12)13-11/h2-4,13-14H,6H2,1H3. The number of rotatable bonds is 1. The lowest BCUT2D eigenvalue weighted by Gasteiger charge is -2.00. The van der Waals surface area contributed by atoms with Gasteiger partial charge in [-0.15, -0.1) is 0 Å². The van der Waals surface area contributed by atoms with Gasteiger partial charge < -0.3 is 10.1 Å². The van der Waals surface area contributed by atoms with E-state index >= 15 is 0 Å². The number of nitrogens with zero attached hydrogens (tertiary/aromatic N) is 1. The molecule has 1 aromatic carbocycles. The van der Waals surface area contributed by atoms with Crippen molar-refractivity contribution < 1.29 is 5.11 Å². The number of hydrogen-bond donors (Lipinski definition) is 2. The number of aryl methyl sites for hydroxylation is 1. The lowest BCUT2D eigenvalue weighted by molar-refractivity contribution is 0.283. The van der Waals surface area contributed by atoms with Crippen LogP contribution in [0.1, 0.15) is 16.8 Å². The number of nitrogens with one attached hydrogen (secondary N) is 1. The third-order valence-corrected chi connectivity index (χ3v) is 2.39. The van der Waals surface area contributed by atoms with Gasteiger partial charge in [0.1, 0.15) is 11.8 Å². The zero-order valence-electron chi connectivity index (χ0n) is 7.83. The summed E-state index contributed by atoms with van der Waals surface area (Å²) in [6.45, 7) is 1.97. The average molecular weight is 186 g/mol. The van der Waals surface area contributed by atoms with E-state index in [2.05, 4.69) is 11.1 Å². The van der Waals surface area contributed by atoms with Crippen molar-refractivity contribution in [3.05, 3.63) is 35.0 Å². The smallest absolute Gasteiger partial charge is 0.118 e. The summed E-state index contributed by atoms with van der Waals surface area (Å²) < 4.78 is 0. The minimum Gasteiger partial charge on any atom is -0.392 e. The van der Waals surface area contributed by atoms with E-state index < -0.39 is 0 Å². The van der Waals surface area contributed by atoms with Gasteiger partial charge in [0.05, 0.1) is 12.1 Å². The predicted octanol–water partition coefficient (Wildman–Crippen LogP) is 1.84. The van der Waals surface area contributed by atoms with Crippen molar-refractivity contribution in [1.29, 1.82) is 5.26 Å². The summed E-state index contributed by atoms with van der Waals surface area (Å²) in [6.07, 6.45) is 0. The van der Waals surface area contributed by atoms with Crippen molar-refractivity contribution in [2.75, 3.05) is 0 Å². The zero-order valence-corrected chi connectivity index (χ0v) is 7.83. The molecule has 3 heteroatoms. The Morgan fingerprint density at radius 1 is 1.50 bits per heavy atom. The topological polar surface area (TPSA) is 59.8 Å². The first-order chi connectivity index (χ1) is 6.76. The number of nitriles is 1. The molecule has 0 aliphatic heterocycles. The van der Waals surface area contributed by atoms with E-state index in [9.17, 15) is 0 Å². The highest BCUT2D eigenvalue weighted by Gasteiger charge is 2.06. The van der Waals surface area contributed by atoms with Crippen LogP contribution in [-0.4, -0.2) is 10.1 Å². The Hall–Kier alpha value is -1.79. The van der Waals surface area contributed by atoms with E-state index in [1.54, 1.807) is 0 Å². The molecule has 0 amide bonds. The molecule has 1 aromatic heterocycles. The molecule has 2 aromatic rings. The summed E-state index contributed by atoms with van der Waals surface area (Å²) in [7, 11) is 0. The van der Waals surface area contributed by atoms with Gasteiger partial charge in [0.25, 0.3) is 0 Å². The number of fused-ring (bicyclic) bond motifs is 1. The molecule has 2 N–H and O–H groups in total. The minimum atomic E-state index is -0.0117. The van der Waals surface area contributed by atoms with E-state index in [0.717, 1.165) is 22.0 Å². The summed E-state index contributed by atoms with van der Waals surface area (Å²) in [5.74, 6) is 0. The van der Waals surface area contributed by atoms with Gasteiger partial charge in [-0.3, -0.25) is 0 Å². The molecule has 3 nitrogen and oxygen atoms in total. The van der Waals surface area contributed by atoms with Crippen LogP contribution in [0.3, 0.4) is 0 Å². The minimum absolute atomic E-state index is 0.0117. The van der Waals surface area contributed by atoms with Crippen LogP contribution in [0.5, 0.6) is 0 Å². The Morgan fingerprint density at radius 2 is 2.29 bits per heavy atom. The Kier molecular flexibility index (Phi) is 1.99. The van der Waals surface area contributed by atoms with Crippen LogP contribution in [0.15, 0.2) is 18.2 Å². The van der Waals surface area contributed by atoms with Crippen LogP contribution >= 0.6 is 0 Å². The maximum absolute atomic E-state index is 9.11. The second-order valence-corrected chi connectivity index (χ2v) is 3.28. The van der Waals surface area contributed by atoms with Gasteiger partial charge in [-0.25, -0.2) is 0 Å². The Balaban J connectivity index is 2.83. The third-order valence-electron chi connectivity index (χ3n) is 2.39. The molecule has 0 unspecified atom stereocenters. The number of aliphatic hydroxyl groups is 1. The molecule has 0 atom stereocenters. The first-order valence-corrected chi connectivity index (χ1v) is 4.38. The van der Waals surface area contributed by atoms with Crippen LogP contribution in [0, 0.1) is 18.3 Å². The fraction of sp³-hybridized carbons (Fsp3) is 0.182. The molecule has 0 fully saturated rings. The monoisotopic (exact) mass is 186 g/mol. The van der Waals surface area contributed by atoms with Gasteiger partial charge in [-0.2, -0.15) is 5.26 Å². The molecular weight excluding hydrogens is 176 g/mol. The van der Waals surface area contributed by atoms with Crippen molar-refractivity contribution >= 4 is 10.9 Å². The molecule has 0 saturated carbocycles. The van der Waals surface area contributed by atoms with Gasteiger partial charge in [0.15, 0.2) is 0 Å². The van der Waals surface area contributed by atoms with Gasteiger partial charge in [-0.1, -0.05) is 12.1 Å². The molecule has 0 spiro atoms. The molecule has 70 valence electrons. The van der Waals surface area contributed by atoms with Crippen LogP contribution in [0.25, 0.3) is 10.9 Å². The van der Waals surface area contributed by atoms with Gasteiger partial charge in [0.2, 0.25) is 0 Å². The predicted molar refractivity (Wildman–Crippen MR) is 53.7 cm³/mol. The first-order valence-electron chi connectivity index (χ1n) is 4.38. The van der Waals surface area contributed by atoms with Crippen molar-refractivity contribution in [3.63, 3.8) is 0 Å². The van der Waals surface area contributed by atoms with Crippen molar-refractivity contribution in [2.45, 2.75) is 13.5 Å². The molecule has 0 aliphatic rings. The summed E-state index contributed by atoms with van der Waals surface area (Å²) in [5, 5.41) is 18.9. The Bertz CT molecular complexity index is 520. The molecule has 1 heterocycles. The second kappa shape index (κ2) is 3.17. The van der Waals surface area contributed by atoms with Gasteiger partial charge in [0, 0.05) is 10.9 Å². The largest absolute Gasteiger partial charge is 0.392 e. The highest BCUT2D eigenvalue weighted by atomic mass is 16.3. The van der Waals surface area contributed by atoms with Crippen molar-refractivity contribution in [2.24, 2.45) is 0 Å². The molecule has 2 rings (SSSR count). The van der Waals surface area contributed by atoms with Crippen LogP contribution in [0.4, 0.5) is 0 Å². The molecule has 0 bridgehead atoms. The molecular formula is C11H10N2O. The van der Waals surface area contributed by atoms with E-state index in [-0.39, 0.29) is 6.61 Å². The maximum atomic E-state index is 9.11. The fourth-order valence-electron chi connectivity index (χ4n) is 1.61. The molecule has 0 saturated heterocycles. The van der Waals surface area contributed by atoms with E-state index in [1.165, 1.54) is 0 Å². The summed E-state index contributed by atoms with van der Waals surface area (Å²) in [4.78, 5) is 2.98.